The number of anilines is 1. The Morgan fingerprint density at radius 3 is 2.62 bits per heavy atom. The lowest BCUT2D eigenvalue weighted by atomic mass is 9.96. The van der Waals surface area contributed by atoms with E-state index in [1.807, 2.05) is 29.2 Å². The number of carbonyl (C=O) groups is 1. The van der Waals surface area contributed by atoms with Crippen molar-refractivity contribution in [1.82, 2.24) is 10.3 Å². The van der Waals surface area contributed by atoms with Gasteiger partial charge >= 0.3 is 6.18 Å². The second-order valence-corrected chi connectivity index (χ2v) is 7.14. The fourth-order valence-electron chi connectivity index (χ4n) is 3.52. The summed E-state index contributed by atoms with van der Waals surface area (Å²) in [7, 11) is 0. The molecule has 0 radical (unpaired) electrons. The van der Waals surface area contributed by atoms with Gasteiger partial charge in [-0.05, 0) is 42.7 Å². The number of oxazole rings is 1. The second kappa shape index (κ2) is 7.77. The lowest BCUT2D eigenvalue weighted by Gasteiger charge is -2.30. The molecule has 0 spiro atoms. The number of hydrogen-bond donors (Lipinski definition) is 1. The molecule has 1 N–H and O–H groups in total. The van der Waals surface area contributed by atoms with Gasteiger partial charge in [0.25, 0.3) is 6.01 Å². The topological polar surface area (TPSA) is 58.4 Å². The third kappa shape index (κ3) is 4.36. The number of halogens is 3. The number of carbonyl (C=O) groups excluding carboxylic acids is 1. The normalized spacial score (nSPS) is 15.6. The van der Waals surface area contributed by atoms with Gasteiger partial charge in [0.2, 0.25) is 5.91 Å². The van der Waals surface area contributed by atoms with Crippen molar-refractivity contribution in [3.63, 3.8) is 0 Å². The molecule has 1 aliphatic heterocycles. The van der Waals surface area contributed by atoms with Gasteiger partial charge in [0, 0.05) is 25.6 Å². The minimum atomic E-state index is -4.39. The van der Waals surface area contributed by atoms with Crippen LogP contribution in [0.15, 0.2) is 52.9 Å². The van der Waals surface area contributed by atoms with Crippen molar-refractivity contribution in [2.45, 2.75) is 25.6 Å². The van der Waals surface area contributed by atoms with Crippen LogP contribution in [0, 0.1) is 5.92 Å². The van der Waals surface area contributed by atoms with Gasteiger partial charge in [-0.1, -0.05) is 24.3 Å². The zero-order chi connectivity index (χ0) is 20.4. The molecular formula is C21H20F3N3O2. The molecular weight excluding hydrogens is 383 g/mol. The van der Waals surface area contributed by atoms with E-state index in [-0.39, 0.29) is 18.4 Å². The Morgan fingerprint density at radius 2 is 1.90 bits per heavy atom. The molecule has 2 aromatic carbocycles. The lowest BCUT2D eigenvalue weighted by Crippen LogP contribution is -2.40. The van der Waals surface area contributed by atoms with Gasteiger partial charge in [0.15, 0.2) is 5.58 Å². The summed E-state index contributed by atoms with van der Waals surface area (Å²) in [5.74, 6) is -0.318. The van der Waals surface area contributed by atoms with Crippen LogP contribution in [-0.4, -0.2) is 24.0 Å². The fourth-order valence-corrected chi connectivity index (χ4v) is 3.52. The molecule has 0 saturated carbocycles. The SMILES string of the molecule is O=C(NCc1cccc(C(F)(F)F)c1)C1CCN(c2nc3ccccc3o2)CC1. The first kappa shape index (κ1) is 19.3. The quantitative estimate of drug-likeness (QED) is 0.703. The molecule has 8 heteroatoms. The highest BCUT2D eigenvalue weighted by molar-refractivity contribution is 5.79. The molecule has 4 rings (SSSR count). The molecule has 1 aliphatic rings. The van der Waals surface area contributed by atoms with Crippen molar-refractivity contribution in [1.29, 1.82) is 0 Å². The molecule has 152 valence electrons. The second-order valence-electron chi connectivity index (χ2n) is 7.14. The Balaban J connectivity index is 1.31. The number of fused-ring (bicyclic) bond motifs is 1. The molecule has 0 bridgehead atoms. The number of aromatic nitrogens is 1. The van der Waals surface area contributed by atoms with Crippen molar-refractivity contribution in [2.24, 2.45) is 5.92 Å². The Bertz CT molecular complexity index is 975. The minimum absolute atomic E-state index is 0.0775. The van der Waals surface area contributed by atoms with E-state index in [9.17, 15) is 18.0 Å². The van der Waals surface area contributed by atoms with Crippen LogP contribution >= 0.6 is 0 Å². The van der Waals surface area contributed by atoms with Crippen molar-refractivity contribution in [2.75, 3.05) is 18.0 Å². The van der Waals surface area contributed by atoms with Gasteiger partial charge in [-0.3, -0.25) is 4.79 Å². The predicted octanol–water partition coefficient (Wildman–Crippen LogP) is 4.38. The summed E-state index contributed by atoms with van der Waals surface area (Å²) in [5.41, 5.74) is 1.24. The highest BCUT2D eigenvalue weighted by Gasteiger charge is 2.30. The number of alkyl halides is 3. The average Bonchev–Trinajstić information content (AvgIpc) is 3.16. The van der Waals surface area contributed by atoms with Gasteiger partial charge in [-0.2, -0.15) is 18.2 Å². The molecule has 1 saturated heterocycles. The van der Waals surface area contributed by atoms with Gasteiger partial charge in [0.05, 0.1) is 5.56 Å². The average molecular weight is 403 g/mol. The fraction of sp³-hybridized carbons (Fsp3) is 0.333. The Labute approximate surface area is 165 Å². The largest absolute Gasteiger partial charge is 0.423 e. The van der Waals surface area contributed by atoms with Crippen LogP contribution in [0.3, 0.4) is 0 Å². The standard InChI is InChI=1S/C21H20F3N3O2/c22-21(23,24)16-5-3-4-14(12-16)13-25-19(28)15-8-10-27(11-9-15)20-26-17-6-1-2-7-18(17)29-20/h1-7,12,15H,8-11,13H2,(H,25,28). The molecule has 2 heterocycles. The molecule has 3 aromatic rings. The van der Waals surface area contributed by atoms with Crippen LogP contribution in [0.5, 0.6) is 0 Å². The van der Waals surface area contributed by atoms with Crippen LogP contribution in [0.25, 0.3) is 11.1 Å². The maximum Gasteiger partial charge on any atom is 0.416 e. The Kier molecular flexibility index (Phi) is 5.17. The number of nitrogens with one attached hydrogen (secondary N) is 1. The number of hydrogen-bond acceptors (Lipinski definition) is 4. The summed E-state index contributed by atoms with van der Waals surface area (Å²) in [6.07, 6.45) is -3.13. The molecule has 0 unspecified atom stereocenters. The molecule has 1 amide bonds. The molecule has 1 aromatic heterocycles. The van der Waals surface area contributed by atoms with E-state index < -0.39 is 11.7 Å². The molecule has 0 aliphatic carbocycles. The van der Waals surface area contributed by atoms with Crippen molar-refractivity contribution in [3.05, 3.63) is 59.7 Å². The maximum atomic E-state index is 12.8. The number of nitrogens with zero attached hydrogens (tertiary/aromatic N) is 2. The molecule has 29 heavy (non-hydrogen) atoms. The lowest BCUT2D eigenvalue weighted by molar-refractivity contribution is -0.137. The number of piperidine rings is 1. The summed E-state index contributed by atoms with van der Waals surface area (Å²) < 4.78 is 44.2. The summed E-state index contributed by atoms with van der Waals surface area (Å²) in [4.78, 5) is 18.9. The van der Waals surface area contributed by atoms with Gasteiger partial charge < -0.3 is 14.6 Å². The van der Waals surface area contributed by atoms with Gasteiger partial charge in [-0.15, -0.1) is 0 Å². The van der Waals surface area contributed by atoms with Crippen LogP contribution < -0.4 is 10.2 Å². The zero-order valence-electron chi connectivity index (χ0n) is 15.6. The number of amides is 1. The minimum Gasteiger partial charge on any atom is -0.423 e. The first-order valence-electron chi connectivity index (χ1n) is 9.44. The number of benzene rings is 2. The predicted molar refractivity (Wildman–Crippen MR) is 102 cm³/mol. The summed E-state index contributed by atoms with van der Waals surface area (Å²) in [6.45, 7) is 1.34. The van der Waals surface area contributed by atoms with Crippen molar-refractivity contribution < 1.29 is 22.4 Å². The van der Waals surface area contributed by atoms with Gasteiger partial charge in [0.1, 0.15) is 5.52 Å². The Hall–Kier alpha value is -3.03. The van der Waals surface area contributed by atoms with Crippen LogP contribution in [-0.2, 0) is 17.5 Å². The van der Waals surface area contributed by atoms with E-state index in [1.165, 1.54) is 6.07 Å². The van der Waals surface area contributed by atoms with E-state index >= 15 is 0 Å². The van der Waals surface area contributed by atoms with E-state index in [1.54, 1.807) is 6.07 Å². The highest BCUT2D eigenvalue weighted by atomic mass is 19.4. The monoisotopic (exact) mass is 403 g/mol. The Morgan fingerprint density at radius 1 is 1.14 bits per heavy atom. The van der Waals surface area contributed by atoms with Crippen LogP contribution in [0.4, 0.5) is 19.2 Å². The molecule has 0 atom stereocenters. The third-order valence-corrected chi connectivity index (χ3v) is 5.14. The zero-order valence-corrected chi connectivity index (χ0v) is 15.6. The van der Waals surface area contributed by atoms with Crippen LogP contribution in [0.1, 0.15) is 24.0 Å². The van der Waals surface area contributed by atoms with Crippen molar-refractivity contribution >= 4 is 23.0 Å². The summed E-state index contributed by atoms with van der Waals surface area (Å²) in [5, 5.41) is 2.76. The number of para-hydroxylation sites is 2. The highest BCUT2D eigenvalue weighted by Crippen LogP contribution is 2.30. The van der Waals surface area contributed by atoms with E-state index in [0.29, 0.717) is 37.5 Å². The smallest absolute Gasteiger partial charge is 0.416 e. The van der Waals surface area contributed by atoms with E-state index in [2.05, 4.69) is 10.3 Å². The summed E-state index contributed by atoms with van der Waals surface area (Å²) in [6, 6.07) is 13.1. The van der Waals surface area contributed by atoms with Gasteiger partial charge in [-0.25, -0.2) is 0 Å². The first-order valence-corrected chi connectivity index (χ1v) is 9.44. The van der Waals surface area contributed by atoms with E-state index in [0.717, 1.165) is 23.2 Å². The third-order valence-electron chi connectivity index (χ3n) is 5.14. The molecule has 5 nitrogen and oxygen atoms in total. The molecule has 1 fully saturated rings. The maximum absolute atomic E-state index is 12.8. The first-order chi connectivity index (χ1) is 13.9. The van der Waals surface area contributed by atoms with Crippen LogP contribution in [0.2, 0.25) is 0 Å². The van der Waals surface area contributed by atoms with Crippen molar-refractivity contribution in [3.8, 4) is 0 Å². The number of rotatable bonds is 4. The van der Waals surface area contributed by atoms with E-state index in [4.69, 9.17) is 4.42 Å². The summed E-state index contributed by atoms with van der Waals surface area (Å²) >= 11 is 0.